The Morgan fingerprint density at radius 2 is 1.63 bits per heavy atom. The van der Waals surface area contributed by atoms with Crippen LogP contribution in [0.5, 0.6) is 0 Å². The maximum atomic E-state index is 14.1. The number of piperazine rings is 1. The van der Waals surface area contributed by atoms with Gasteiger partial charge in [0.2, 0.25) is 0 Å². The number of halogens is 1. The van der Waals surface area contributed by atoms with Crippen LogP contribution in [0.25, 0.3) is 16.8 Å². The van der Waals surface area contributed by atoms with Crippen molar-refractivity contribution in [2.75, 3.05) is 36.0 Å². The molecule has 6 heteroatoms. The molecular weight excluding hydrogens is 377 g/mol. The number of benzene rings is 2. The van der Waals surface area contributed by atoms with Crippen LogP contribution < -0.4 is 9.80 Å². The highest BCUT2D eigenvalue weighted by molar-refractivity contribution is 5.76. The van der Waals surface area contributed by atoms with Gasteiger partial charge in [-0.1, -0.05) is 24.3 Å². The van der Waals surface area contributed by atoms with E-state index in [0.717, 1.165) is 48.8 Å². The number of aromatic nitrogens is 3. The fourth-order valence-corrected chi connectivity index (χ4v) is 4.06. The highest BCUT2D eigenvalue weighted by atomic mass is 19.1. The molecule has 0 aliphatic carbocycles. The van der Waals surface area contributed by atoms with Gasteiger partial charge in [-0.25, -0.2) is 13.9 Å². The van der Waals surface area contributed by atoms with E-state index in [9.17, 15) is 4.39 Å². The quantitative estimate of drug-likeness (QED) is 0.507. The summed E-state index contributed by atoms with van der Waals surface area (Å²) in [5.74, 6) is 0.758. The lowest BCUT2D eigenvalue weighted by atomic mass is 10.0. The molecule has 5 nitrogen and oxygen atoms in total. The van der Waals surface area contributed by atoms with E-state index in [1.54, 1.807) is 12.3 Å². The average Bonchev–Trinajstić information content (AvgIpc) is 3.21. The number of fused-ring (bicyclic) bond motifs is 1. The van der Waals surface area contributed by atoms with Crippen LogP contribution in [0, 0.1) is 19.7 Å². The van der Waals surface area contributed by atoms with Crippen molar-refractivity contribution in [3.05, 3.63) is 77.9 Å². The first-order chi connectivity index (χ1) is 14.6. The Morgan fingerprint density at radius 1 is 0.867 bits per heavy atom. The molecular formula is C24H24FN5. The van der Waals surface area contributed by atoms with Gasteiger partial charge in [0.15, 0.2) is 5.82 Å². The predicted octanol–water partition coefficient (Wildman–Crippen LogP) is 4.48. The molecule has 1 fully saturated rings. The molecule has 0 unspecified atom stereocenters. The summed E-state index contributed by atoms with van der Waals surface area (Å²) in [6, 6.07) is 15.5. The maximum Gasteiger partial charge on any atom is 0.154 e. The summed E-state index contributed by atoms with van der Waals surface area (Å²) in [5.41, 5.74) is 6.24. The Kier molecular flexibility index (Phi) is 4.62. The molecule has 1 saturated heterocycles. The molecule has 4 aromatic rings. The monoisotopic (exact) mass is 401 g/mol. The van der Waals surface area contributed by atoms with Gasteiger partial charge in [-0.05, 0) is 49.2 Å². The van der Waals surface area contributed by atoms with Crippen molar-refractivity contribution in [3.8, 4) is 11.3 Å². The number of rotatable bonds is 3. The topological polar surface area (TPSA) is 36.7 Å². The fourth-order valence-electron chi connectivity index (χ4n) is 4.06. The first-order valence-corrected chi connectivity index (χ1v) is 10.3. The first-order valence-electron chi connectivity index (χ1n) is 10.3. The molecule has 0 bridgehead atoms. The van der Waals surface area contributed by atoms with Gasteiger partial charge in [-0.15, -0.1) is 0 Å². The molecule has 1 aliphatic heterocycles. The van der Waals surface area contributed by atoms with Crippen molar-refractivity contribution in [3.63, 3.8) is 0 Å². The Bertz CT molecular complexity index is 1210. The van der Waals surface area contributed by atoms with Crippen molar-refractivity contribution in [1.82, 2.24) is 14.6 Å². The summed E-state index contributed by atoms with van der Waals surface area (Å²) in [5, 5.41) is 4.77. The number of nitrogens with zero attached hydrogens (tertiary/aromatic N) is 5. The van der Waals surface area contributed by atoms with Crippen molar-refractivity contribution < 1.29 is 4.39 Å². The van der Waals surface area contributed by atoms with Crippen LogP contribution >= 0.6 is 0 Å². The number of para-hydroxylation sites is 1. The van der Waals surface area contributed by atoms with Gasteiger partial charge in [-0.2, -0.15) is 5.10 Å². The molecule has 0 atom stereocenters. The SMILES string of the molecule is Cc1ccc(-c2cc3c(N4CCN(c5ccccc5F)CC4)nccn3n2)cc1C. The lowest BCUT2D eigenvalue weighted by Gasteiger charge is -2.36. The summed E-state index contributed by atoms with van der Waals surface area (Å²) < 4.78 is 16.0. The molecule has 30 heavy (non-hydrogen) atoms. The maximum absolute atomic E-state index is 14.1. The normalized spacial score (nSPS) is 14.5. The fraction of sp³-hybridized carbons (Fsp3) is 0.250. The highest BCUT2D eigenvalue weighted by Crippen LogP contribution is 2.28. The summed E-state index contributed by atoms with van der Waals surface area (Å²) >= 11 is 0. The number of anilines is 2. The minimum Gasteiger partial charge on any atom is -0.366 e. The molecule has 152 valence electrons. The van der Waals surface area contributed by atoms with E-state index in [1.165, 1.54) is 17.2 Å². The van der Waals surface area contributed by atoms with Gasteiger partial charge in [0.25, 0.3) is 0 Å². The van der Waals surface area contributed by atoms with Crippen molar-refractivity contribution in [2.24, 2.45) is 0 Å². The number of aryl methyl sites for hydroxylation is 2. The molecule has 3 heterocycles. The Balaban J connectivity index is 1.42. The second kappa shape index (κ2) is 7.44. The Morgan fingerprint density at radius 3 is 2.40 bits per heavy atom. The third kappa shape index (κ3) is 3.28. The minimum atomic E-state index is -0.167. The molecule has 5 rings (SSSR count). The van der Waals surface area contributed by atoms with Crippen molar-refractivity contribution >= 4 is 17.0 Å². The summed E-state index contributed by atoms with van der Waals surface area (Å²) in [6.07, 6.45) is 3.68. The Hall–Kier alpha value is -3.41. The van der Waals surface area contributed by atoms with Crippen LogP contribution in [0.3, 0.4) is 0 Å². The van der Waals surface area contributed by atoms with Gasteiger partial charge in [-0.3, -0.25) is 0 Å². The zero-order valence-corrected chi connectivity index (χ0v) is 17.2. The minimum absolute atomic E-state index is 0.167. The van der Waals surface area contributed by atoms with Crippen LogP contribution in [0.15, 0.2) is 60.9 Å². The van der Waals surface area contributed by atoms with E-state index in [0.29, 0.717) is 5.69 Å². The summed E-state index contributed by atoms with van der Waals surface area (Å²) in [4.78, 5) is 9.02. The highest BCUT2D eigenvalue weighted by Gasteiger charge is 2.22. The predicted molar refractivity (Wildman–Crippen MR) is 119 cm³/mol. The third-order valence-corrected chi connectivity index (χ3v) is 5.94. The molecule has 0 saturated carbocycles. The number of hydrogen-bond donors (Lipinski definition) is 0. The van der Waals surface area contributed by atoms with Gasteiger partial charge in [0, 0.05) is 44.1 Å². The van der Waals surface area contributed by atoms with E-state index in [2.05, 4.69) is 52.9 Å². The molecule has 2 aromatic carbocycles. The van der Waals surface area contributed by atoms with Gasteiger partial charge >= 0.3 is 0 Å². The van der Waals surface area contributed by atoms with Crippen molar-refractivity contribution in [2.45, 2.75) is 13.8 Å². The molecule has 0 N–H and O–H groups in total. The lowest BCUT2D eigenvalue weighted by Crippen LogP contribution is -2.47. The van der Waals surface area contributed by atoms with E-state index in [-0.39, 0.29) is 5.82 Å². The zero-order valence-electron chi connectivity index (χ0n) is 17.2. The molecule has 0 radical (unpaired) electrons. The largest absolute Gasteiger partial charge is 0.366 e. The van der Waals surface area contributed by atoms with Gasteiger partial charge in [0.1, 0.15) is 11.3 Å². The van der Waals surface area contributed by atoms with Gasteiger partial charge < -0.3 is 9.80 Å². The van der Waals surface area contributed by atoms with E-state index in [1.807, 2.05) is 22.8 Å². The standard InChI is InChI=1S/C24H24FN5/c1-17-7-8-19(15-18(17)2)21-16-23-24(26-9-10-30(23)27-21)29-13-11-28(12-14-29)22-6-4-3-5-20(22)25/h3-10,15-16H,11-14H2,1-2H3. The zero-order chi connectivity index (χ0) is 20.7. The van der Waals surface area contributed by atoms with E-state index in [4.69, 9.17) is 5.10 Å². The number of hydrogen-bond acceptors (Lipinski definition) is 4. The summed E-state index contributed by atoms with van der Waals surface area (Å²) in [6.45, 7) is 7.31. The Labute approximate surface area is 175 Å². The third-order valence-electron chi connectivity index (χ3n) is 5.94. The van der Waals surface area contributed by atoms with E-state index >= 15 is 0 Å². The lowest BCUT2D eigenvalue weighted by molar-refractivity contribution is 0.596. The first kappa shape index (κ1) is 18.6. The van der Waals surface area contributed by atoms with Crippen LogP contribution in [-0.2, 0) is 0 Å². The second-order valence-corrected chi connectivity index (χ2v) is 7.83. The smallest absolute Gasteiger partial charge is 0.154 e. The summed E-state index contributed by atoms with van der Waals surface area (Å²) in [7, 11) is 0. The van der Waals surface area contributed by atoms with Gasteiger partial charge in [0.05, 0.1) is 11.4 Å². The molecule has 0 amide bonds. The van der Waals surface area contributed by atoms with Crippen molar-refractivity contribution in [1.29, 1.82) is 0 Å². The van der Waals surface area contributed by atoms with Crippen LogP contribution in [0.4, 0.5) is 15.9 Å². The van der Waals surface area contributed by atoms with E-state index < -0.39 is 0 Å². The second-order valence-electron chi connectivity index (χ2n) is 7.83. The molecule has 0 spiro atoms. The average molecular weight is 401 g/mol. The van der Waals surface area contributed by atoms with Crippen LogP contribution in [0.2, 0.25) is 0 Å². The van der Waals surface area contributed by atoms with Crippen LogP contribution in [-0.4, -0.2) is 40.8 Å². The van der Waals surface area contributed by atoms with Crippen LogP contribution in [0.1, 0.15) is 11.1 Å². The molecule has 2 aromatic heterocycles. The molecule has 1 aliphatic rings.